The van der Waals surface area contributed by atoms with Gasteiger partial charge < -0.3 is 4.43 Å². The van der Waals surface area contributed by atoms with Crippen LogP contribution in [0.5, 0.6) is 0 Å². The van der Waals surface area contributed by atoms with Gasteiger partial charge in [-0.25, -0.2) is 4.21 Å². The Hall–Kier alpha value is -0.563. The molecule has 0 amide bonds. The minimum Gasteiger partial charge on any atom is -0.416 e. The Balaban J connectivity index is 3.04. The third-order valence-electron chi connectivity index (χ3n) is 5.06. The molecule has 0 spiro atoms. The zero-order valence-electron chi connectivity index (χ0n) is 16.5. The van der Waals surface area contributed by atoms with E-state index in [1.807, 2.05) is 39.0 Å². The SMILES string of the molecule is Cc1cccc([C@@H](CO[Si](C)(C)C(C)(C)C)CC(C)(C)S(N)=O)n1. The molecule has 0 saturated heterocycles. The second kappa shape index (κ2) is 7.77. The number of aromatic nitrogens is 1. The highest BCUT2D eigenvalue weighted by molar-refractivity contribution is 7.84. The highest BCUT2D eigenvalue weighted by atomic mass is 32.2. The fraction of sp³-hybridized carbons (Fsp3) is 0.722. The Morgan fingerprint density at radius 3 is 2.29 bits per heavy atom. The molecule has 24 heavy (non-hydrogen) atoms. The summed E-state index contributed by atoms with van der Waals surface area (Å²) in [6.07, 6.45) is 0.682. The maximum Gasteiger partial charge on any atom is 0.192 e. The van der Waals surface area contributed by atoms with Crippen molar-refractivity contribution in [3.05, 3.63) is 29.6 Å². The zero-order valence-corrected chi connectivity index (χ0v) is 18.3. The molecule has 1 unspecified atom stereocenters. The summed E-state index contributed by atoms with van der Waals surface area (Å²) in [5.74, 6) is 0.0847. The van der Waals surface area contributed by atoms with Gasteiger partial charge in [0.25, 0.3) is 0 Å². The average molecular weight is 371 g/mol. The average Bonchev–Trinajstić information content (AvgIpc) is 2.42. The smallest absolute Gasteiger partial charge is 0.192 e. The van der Waals surface area contributed by atoms with E-state index in [1.165, 1.54) is 0 Å². The lowest BCUT2D eigenvalue weighted by Gasteiger charge is -2.38. The molecule has 2 atom stereocenters. The molecule has 0 aliphatic heterocycles. The van der Waals surface area contributed by atoms with Crippen LogP contribution in [0.2, 0.25) is 18.1 Å². The zero-order chi connectivity index (χ0) is 18.8. The lowest BCUT2D eigenvalue weighted by Crippen LogP contribution is -2.42. The molecule has 0 aromatic carbocycles. The summed E-state index contributed by atoms with van der Waals surface area (Å²) >= 11 is 0. The molecule has 0 fully saturated rings. The molecule has 138 valence electrons. The summed E-state index contributed by atoms with van der Waals surface area (Å²) < 4.78 is 17.9. The van der Waals surface area contributed by atoms with Crippen LogP contribution in [-0.4, -0.2) is 28.9 Å². The predicted molar refractivity (Wildman–Crippen MR) is 106 cm³/mol. The molecule has 1 aromatic rings. The summed E-state index contributed by atoms with van der Waals surface area (Å²) in [4.78, 5) is 4.68. The van der Waals surface area contributed by atoms with Gasteiger partial charge in [-0.05, 0) is 57.5 Å². The van der Waals surface area contributed by atoms with E-state index in [9.17, 15) is 4.21 Å². The normalized spacial score (nSPS) is 16.0. The van der Waals surface area contributed by atoms with Crippen molar-refractivity contribution in [2.24, 2.45) is 5.14 Å². The van der Waals surface area contributed by atoms with Crippen LogP contribution in [0.4, 0.5) is 0 Å². The first-order valence-electron chi connectivity index (χ1n) is 8.50. The molecule has 0 radical (unpaired) electrons. The Bertz CT molecular complexity index is 583. The second-order valence-electron chi connectivity index (χ2n) is 8.73. The van der Waals surface area contributed by atoms with Gasteiger partial charge in [0.1, 0.15) is 0 Å². The molecule has 1 rings (SSSR count). The van der Waals surface area contributed by atoms with E-state index in [0.29, 0.717) is 13.0 Å². The molecular formula is C18H34N2O2SSi. The Kier molecular flexibility index (Phi) is 6.95. The number of nitrogens with two attached hydrogens (primary N) is 1. The molecule has 0 saturated carbocycles. The van der Waals surface area contributed by atoms with Gasteiger partial charge in [0.15, 0.2) is 8.32 Å². The van der Waals surface area contributed by atoms with E-state index in [1.54, 1.807) is 0 Å². The largest absolute Gasteiger partial charge is 0.416 e. The molecule has 4 nitrogen and oxygen atoms in total. The van der Waals surface area contributed by atoms with E-state index >= 15 is 0 Å². The van der Waals surface area contributed by atoms with Crippen LogP contribution in [-0.2, 0) is 15.4 Å². The maximum absolute atomic E-state index is 11.9. The van der Waals surface area contributed by atoms with Crippen molar-refractivity contribution in [2.75, 3.05) is 6.61 Å². The summed E-state index contributed by atoms with van der Waals surface area (Å²) in [6, 6.07) is 6.03. The Morgan fingerprint density at radius 2 is 1.83 bits per heavy atom. The lowest BCUT2D eigenvalue weighted by molar-refractivity contribution is 0.248. The molecule has 1 heterocycles. The monoisotopic (exact) mass is 370 g/mol. The molecule has 0 aliphatic rings. The van der Waals surface area contributed by atoms with E-state index in [4.69, 9.17) is 9.56 Å². The van der Waals surface area contributed by atoms with Crippen molar-refractivity contribution in [2.45, 2.75) is 76.8 Å². The first-order valence-corrected chi connectivity index (χ1v) is 12.6. The van der Waals surface area contributed by atoms with E-state index in [0.717, 1.165) is 11.4 Å². The number of hydrogen-bond donors (Lipinski definition) is 1. The maximum atomic E-state index is 11.9. The predicted octanol–water partition coefficient (Wildman–Crippen LogP) is 4.29. The number of rotatable bonds is 7. The first kappa shape index (κ1) is 21.5. The highest BCUT2D eigenvalue weighted by Crippen LogP contribution is 2.38. The number of pyridine rings is 1. The van der Waals surface area contributed by atoms with Crippen LogP contribution < -0.4 is 5.14 Å². The third-order valence-corrected chi connectivity index (χ3v) is 10.8. The summed E-state index contributed by atoms with van der Waals surface area (Å²) in [5, 5.41) is 5.85. The highest BCUT2D eigenvalue weighted by Gasteiger charge is 2.38. The quantitative estimate of drug-likeness (QED) is 0.728. The minimum absolute atomic E-state index is 0.0847. The molecule has 0 bridgehead atoms. The first-order chi connectivity index (χ1) is 10.8. The van der Waals surface area contributed by atoms with Gasteiger partial charge in [0.05, 0.1) is 15.7 Å². The van der Waals surface area contributed by atoms with Crippen molar-refractivity contribution >= 4 is 19.3 Å². The van der Waals surface area contributed by atoms with Gasteiger partial charge in [0, 0.05) is 23.9 Å². The fourth-order valence-electron chi connectivity index (χ4n) is 2.24. The number of nitrogens with zero attached hydrogens (tertiary/aromatic N) is 1. The second-order valence-corrected chi connectivity index (χ2v) is 15.2. The topological polar surface area (TPSA) is 65.2 Å². The van der Waals surface area contributed by atoms with Crippen LogP contribution in [0.15, 0.2) is 18.2 Å². The summed E-state index contributed by atoms with van der Waals surface area (Å²) in [5.41, 5.74) is 1.98. The van der Waals surface area contributed by atoms with Crippen LogP contribution >= 0.6 is 0 Å². The van der Waals surface area contributed by atoms with Crippen molar-refractivity contribution < 1.29 is 8.63 Å². The minimum atomic E-state index is -1.85. The molecule has 1 aromatic heterocycles. The van der Waals surface area contributed by atoms with Crippen molar-refractivity contribution in [3.63, 3.8) is 0 Å². The van der Waals surface area contributed by atoms with Crippen LogP contribution in [0.3, 0.4) is 0 Å². The van der Waals surface area contributed by atoms with Crippen LogP contribution in [0.25, 0.3) is 0 Å². The van der Waals surface area contributed by atoms with Gasteiger partial charge in [0.2, 0.25) is 0 Å². The van der Waals surface area contributed by atoms with Gasteiger partial charge >= 0.3 is 0 Å². The van der Waals surface area contributed by atoms with Gasteiger partial charge in [-0.2, -0.15) is 0 Å². The third kappa shape index (κ3) is 5.76. The van der Waals surface area contributed by atoms with Gasteiger partial charge in [-0.1, -0.05) is 26.8 Å². The molecular weight excluding hydrogens is 336 g/mol. The summed E-state index contributed by atoms with van der Waals surface area (Å²) in [7, 11) is -3.24. The van der Waals surface area contributed by atoms with Crippen molar-refractivity contribution in [3.8, 4) is 0 Å². The number of hydrogen-bond acceptors (Lipinski definition) is 3. The van der Waals surface area contributed by atoms with Crippen LogP contribution in [0, 0.1) is 6.92 Å². The lowest BCUT2D eigenvalue weighted by atomic mass is 9.93. The Morgan fingerprint density at radius 1 is 1.25 bits per heavy atom. The van der Waals surface area contributed by atoms with Gasteiger partial charge in [-0.15, -0.1) is 0 Å². The van der Waals surface area contributed by atoms with Gasteiger partial charge in [-0.3, -0.25) is 10.1 Å². The van der Waals surface area contributed by atoms with Crippen LogP contribution in [0.1, 0.15) is 58.3 Å². The van der Waals surface area contributed by atoms with E-state index in [2.05, 4.69) is 38.8 Å². The van der Waals surface area contributed by atoms with Crippen molar-refractivity contribution in [1.82, 2.24) is 4.98 Å². The van der Waals surface area contributed by atoms with E-state index < -0.39 is 24.1 Å². The number of aryl methyl sites for hydroxylation is 1. The van der Waals surface area contributed by atoms with E-state index in [-0.39, 0.29) is 11.0 Å². The molecule has 0 aliphatic carbocycles. The fourth-order valence-corrected chi connectivity index (χ4v) is 3.66. The molecule has 2 N–H and O–H groups in total. The summed E-state index contributed by atoms with van der Waals surface area (Å²) in [6.45, 7) is 17.7. The Labute approximate surface area is 151 Å². The standard InChI is InChI=1S/C18H34N2O2SSi/c1-14-10-9-11-16(20-14)15(12-18(5,6)23(19)21)13-22-24(7,8)17(2,3)4/h9-11,15H,12-13,19H2,1-8H3/t15-,23?/m1/s1. The van der Waals surface area contributed by atoms with Crippen molar-refractivity contribution in [1.29, 1.82) is 0 Å². The molecule has 6 heteroatoms.